The number of pyridine rings is 1. The Labute approximate surface area is 69.8 Å². The average Bonchev–Trinajstić information content (AvgIpc) is 2.08. The van der Waals surface area contributed by atoms with E-state index in [0.29, 0.717) is 5.69 Å². The highest BCUT2D eigenvalue weighted by atomic mass is 16.2. The summed E-state index contributed by atoms with van der Waals surface area (Å²) in [5, 5.41) is 2.45. The standard InChI is InChI=1S/C8H10N2O2/c1-9-8(12)6-4-3-5-7(11)10(6)2/h3-5H,1-2H3,(H,9,12). The van der Waals surface area contributed by atoms with Gasteiger partial charge in [0.1, 0.15) is 5.69 Å². The van der Waals surface area contributed by atoms with Crippen LogP contribution in [0.5, 0.6) is 0 Å². The number of carbonyl (C=O) groups is 1. The molecule has 0 bridgehead atoms. The molecule has 0 aliphatic rings. The van der Waals surface area contributed by atoms with Crippen LogP contribution in [0.4, 0.5) is 0 Å². The lowest BCUT2D eigenvalue weighted by Crippen LogP contribution is -2.27. The van der Waals surface area contributed by atoms with Crippen molar-refractivity contribution in [1.29, 1.82) is 0 Å². The Kier molecular flexibility index (Phi) is 2.28. The van der Waals surface area contributed by atoms with Gasteiger partial charge in [-0.1, -0.05) is 6.07 Å². The minimum Gasteiger partial charge on any atom is -0.354 e. The van der Waals surface area contributed by atoms with Crippen molar-refractivity contribution in [2.75, 3.05) is 7.05 Å². The highest BCUT2D eigenvalue weighted by molar-refractivity contribution is 5.92. The van der Waals surface area contributed by atoms with Crippen molar-refractivity contribution in [1.82, 2.24) is 9.88 Å². The molecule has 4 heteroatoms. The Bertz CT molecular complexity index is 354. The van der Waals surface area contributed by atoms with Crippen molar-refractivity contribution >= 4 is 5.91 Å². The lowest BCUT2D eigenvalue weighted by atomic mass is 10.3. The molecular weight excluding hydrogens is 156 g/mol. The zero-order valence-corrected chi connectivity index (χ0v) is 7.00. The summed E-state index contributed by atoms with van der Waals surface area (Å²) in [6.07, 6.45) is 0. The van der Waals surface area contributed by atoms with E-state index < -0.39 is 0 Å². The maximum absolute atomic E-state index is 11.1. The second kappa shape index (κ2) is 3.21. The second-order valence-corrected chi connectivity index (χ2v) is 2.39. The quantitative estimate of drug-likeness (QED) is 0.625. The van der Waals surface area contributed by atoms with Gasteiger partial charge in [-0.05, 0) is 6.07 Å². The summed E-state index contributed by atoms with van der Waals surface area (Å²) >= 11 is 0. The van der Waals surface area contributed by atoms with Gasteiger partial charge in [0, 0.05) is 20.2 Å². The summed E-state index contributed by atoms with van der Waals surface area (Å²) in [5.41, 5.74) is 0.182. The fraction of sp³-hybridized carbons (Fsp3) is 0.250. The normalized spacial score (nSPS) is 9.50. The molecule has 1 aromatic heterocycles. The van der Waals surface area contributed by atoms with Crippen molar-refractivity contribution in [3.63, 3.8) is 0 Å². The number of hydrogen-bond acceptors (Lipinski definition) is 2. The molecule has 64 valence electrons. The van der Waals surface area contributed by atoms with Gasteiger partial charge < -0.3 is 9.88 Å². The highest BCUT2D eigenvalue weighted by Gasteiger charge is 2.05. The van der Waals surface area contributed by atoms with Crippen molar-refractivity contribution in [2.45, 2.75) is 0 Å². The molecule has 1 N–H and O–H groups in total. The number of nitrogens with one attached hydrogen (secondary N) is 1. The number of nitrogens with zero attached hydrogens (tertiary/aromatic N) is 1. The zero-order valence-electron chi connectivity index (χ0n) is 7.00. The van der Waals surface area contributed by atoms with Crippen molar-refractivity contribution in [2.24, 2.45) is 7.05 Å². The van der Waals surface area contributed by atoms with Crippen molar-refractivity contribution in [3.05, 3.63) is 34.2 Å². The molecule has 0 aliphatic heterocycles. The lowest BCUT2D eigenvalue weighted by molar-refractivity contribution is 0.0954. The first-order valence-corrected chi connectivity index (χ1v) is 3.55. The Hall–Kier alpha value is -1.58. The Balaban J connectivity index is 3.26. The third-order valence-corrected chi connectivity index (χ3v) is 1.64. The molecule has 1 rings (SSSR count). The van der Waals surface area contributed by atoms with Gasteiger partial charge in [0.2, 0.25) is 0 Å². The molecule has 1 heterocycles. The maximum atomic E-state index is 11.1. The van der Waals surface area contributed by atoms with Gasteiger partial charge in [-0.25, -0.2) is 0 Å². The molecule has 1 amide bonds. The first kappa shape index (κ1) is 8.52. The summed E-state index contributed by atoms with van der Waals surface area (Å²) < 4.78 is 1.30. The first-order chi connectivity index (χ1) is 5.66. The van der Waals surface area contributed by atoms with Crippen LogP contribution in [0.3, 0.4) is 0 Å². The van der Waals surface area contributed by atoms with E-state index in [1.807, 2.05) is 0 Å². The maximum Gasteiger partial charge on any atom is 0.267 e. The van der Waals surface area contributed by atoms with Gasteiger partial charge in [-0.2, -0.15) is 0 Å². The molecule has 4 nitrogen and oxygen atoms in total. The van der Waals surface area contributed by atoms with E-state index >= 15 is 0 Å². The van der Waals surface area contributed by atoms with Gasteiger partial charge >= 0.3 is 0 Å². The number of amides is 1. The van der Waals surface area contributed by atoms with Crippen LogP contribution in [0.15, 0.2) is 23.0 Å². The van der Waals surface area contributed by atoms with Crippen LogP contribution < -0.4 is 10.9 Å². The van der Waals surface area contributed by atoms with E-state index in [1.165, 1.54) is 17.7 Å². The molecule has 1 aromatic rings. The van der Waals surface area contributed by atoms with Crippen molar-refractivity contribution in [3.8, 4) is 0 Å². The van der Waals surface area contributed by atoms with Crippen LogP contribution in [0.2, 0.25) is 0 Å². The summed E-state index contributed by atoms with van der Waals surface area (Å²) in [7, 11) is 3.09. The number of carbonyl (C=O) groups excluding carboxylic acids is 1. The van der Waals surface area contributed by atoms with Gasteiger partial charge in [0.15, 0.2) is 0 Å². The largest absolute Gasteiger partial charge is 0.354 e. The fourth-order valence-corrected chi connectivity index (χ4v) is 0.920. The van der Waals surface area contributed by atoms with Gasteiger partial charge in [0.05, 0.1) is 0 Å². The van der Waals surface area contributed by atoms with Crippen LogP contribution in [0.25, 0.3) is 0 Å². The number of aromatic nitrogens is 1. The SMILES string of the molecule is CNC(=O)c1cccc(=O)n1C. The van der Waals surface area contributed by atoms with E-state index in [4.69, 9.17) is 0 Å². The average molecular weight is 166 g/mol. The summed E-state index contributed by atoms with van der Waals surface area (Å²) in [6.45, 7) is 0. The Morgan fingerprint density at radius 1 is 1.50 bits per heavy atom. The minimum absolute atomic E-state index is 0.184. The monoisotopic (exact) mass is 166 g/mol. The summed E-state index contributed by atoms with van der Waals surface area (Å²) in [6, 6.07) is 4.57. The molecular formula is C8H10N2O2. The van der Waals surface area contributed by atoms with E-state index in [2.05, 4.69) is 5.32 Å². The summed E-state index contributed by atoms with van der Waals surface area (Å²) in [5.74, 6) is -0.254. The predicted molar refractivity (Wildman–Crippen MR) is 45.1 cm³/mol. The molecule has 0 spiro atoms. The molecule has 0 unspecified atom stereocenters. The van der Waals surface area contributed by atoms with E-state index in [0.717, 1.165) is 0 Å². The Morgan fingerprint density at radius 3 is 2.75 bits per heavy atom. The molecule has 0 fully saturated rings. The number of rotatable bonds is 1. The van der Waals surface area contributed by atoms with Crippen LogP contribution in [-0.4, -0.2) is 17.5 Å². The Morgan fingerprint density at radius 2 is 2.17 bits per heavy atom. The molecule has 0 radical (unpaired) electrons. The van der Waals surface area contributed by atoms with E-state index in [1.54, 1.807) is 19.2 Å². The molecule has 0 aliphatic carbocycles. The highest BCUT2D eigenvalue weighted by Crippen LogP contribution is 1.92. The van der Waals surface area contributed by atoms with Crippen molar-refractivity contribution < 1.29 is 4.79 Å². The molecule has 0 atom stereocenters. The van der Waals surface area contributed by atoms with Gasteiger partial charge in [-0.3, -0.25) is 9.59 Å². The lowest BCUT2D eigenvalue weighted by Gasteiger charge is -2.04. The van der Waals surface area contributed by atoms with Crippen LogP contribution >= 0.6 is 0 Å². The van der Waals surface area contributed by atoms with Crippen LogP contribution in [0, 0.1) is 0 Å². The molecule has 12 heavy (non-hydrogen) atoms. The van der Waals surface area contributed by atoms with Crippen LogP contribution in [0.1, 0.15) is 10.5 Å². The van der Waals surface area contributed by atoms with Gasteiger partial charge in [-0.15, -0.1) is 0 Å². The zero-order chi connectivity index (χ0) is 9.14. The molecule has 0 aromatic carbocycles. The minimum atomic E-state index is -0.254. The van der Waals surface area contributed by atoms with Gasteiger partial charge in [0.25, 0.3) is 11.5 Å². The fourth-order valence-electron chi connectivity index (χ4n) is 0.920. The number of hydrogen-bond donors (Lipinski definition) is 1. The summed E-state index contributed by atoms with van der Waals surface area (Å²) in [4.78, 5) is 22.2. The molecule has 0 saturated carbocycles. The topological polar surface area (TPSA) is 51.1 Å². The smallest absolute Gasteiger partial charge is 0.267 e. The third kappa shape index (κ3) is 1.37. The first-order valence-electron chi connectivity index (χ1n) is 3.55. The molecule has 0 saturated heterocycles. The van der Waals surface area contributed by atoms with E-state index in [9.17, 15) is 9.59 Å². The predicted octanol–water partition coefficient (Wildman–Crippen LogP) is -0.255. The second-order valence-electron chi connectivity index (χ2n) is 2.39. The van der Waals surface area contributed by atoms with Crippen LogP contribution in [-0.2, 0) is 7.05 Å². The van der Waals surface area contributed by atoms with E-state index in [-0.39, 0.29) is 11.5 Å². The third-order valence-electron chi connectivity index (χ3n) is 1.64.